The van der Waals surface area contributed by atoms with Crippen LogP contribution in [0.2, 0.25) is 5.02 Å². The lowest BCUT2D eigenvalue weighted by Gasteiger charge is -2.24. The first-order chi connectivity index (χ1) is 15.7. The van der Waals surface area contributed by atoms with E-state index in [0.717, 1.165) is 38.9 Å². The zero-order valence-corrected chi connectivity index (χ0v) is 18.4. The predicted molar refractivity (Wildman–Crippen MR) is 124 cm³/mol. The number of nitrogens with one attached hydrogen (secondary N) is 1. The van der Waals surface area contributed by atoms with Gasteiger partial charge >= 0.3 is 0 Å². The van der Waals surface area contributed by atoms with Crippen LogP contribution < -0.4 is 14.8 Å². The highest BCUT2D eigenvalue weighted by atomic mass is 35.5. The van der Waals surface area contributed by atoms with Gasteiger partial charge in [-0.3, -0.25) is 0 Å². The standard InChI is InChI=1S/C25H23ClN4O2/c1-17-12-18(6-8-22(17)30-16-27-15-29-30)14-28-25(20-4-2-3-5-21(20)26)19-7-9-23-24(13-19)32-11-10-31-23/h2-9,12-13,15-16,25,28H,10-11,14H2,1H3. The Hall–Kier alpha value is -3.35. The largest absolute Gasteiger partial charge is 0.486 e. The van der Waals surface area contributed by atoms with Crippen molar-refractivity contribution in [3.8, 4) is 17.2 Å². The molecule has 2 heterocycles. The molecular weight excluding hydrogens is 424 g/mol. The van der Waals surface area contributed by atoms with Gasteiger partial charge in [0.2, 0.25) is 0 Å². The molecule has 7 heteroatoms. The Balaban J connectivity index is 1.43. The van der Waals surface area contributed by atoms with Crippen LogP contribution in [0.5, 0.6) is 11.5 Å². The summed E-state index contributed by atoms with van der Waals surface area (Å²) in [4.78, 5) is 4.04. The van der Waals surface area contributed by atoms with Crippen molar-refractivity contribution in [3.63, 3.8) is 0 Å². The number of halogens is 1. The minimum absolute atomic E-state index is 0.102. The molecule has 0 amide bonds. The molecule has 0 fully saturated rings. The lowest BCUT2D eigenvalue weighted by atomic mass is 9.97. The third-order valence-electron chi connectivity index (χ3n) is 5.55. The molecule has 1 aliphatic heterocycles. The quantitative estimate of drug-likeness (QED) is 0.457. The van der Waals surface area contributed by atoms with Gasteiger partial charge in [0, 0.05) is 11.6 Å². The predicted octanol–water partition coefficient (Wildman–Crippen LogP) is 4.88. The van der Waals surface area contributed by atoms with Gasteiger partial charge in [-0.15, -0.1) is 0 Å². The molecule has 32 heavy (non-hydrogen) atoms. The molecule has 6 nitrogen and oxygen atoms in total. The fraction of sp³-hybridized carbons (Fsp3) is 0.200. The first kappa shape index (κ1) is 20.5. The van der Waals surface area contributed by atoms with E-state index in [0.29, 0.717) is 19.8 Å². The van der Waals surface area contributed by atoms with E-state index < -0.39 is 0 Å². The van der Waals surface area contributed by atoms with Crippen molar-refractivity contribution in [2.75, 3.05) is 13.2 Å². The number of hydrogen-bond donors (Lipinski definition) is 1. The van der Waals surface area contributed by atoms with Crippen molar-refractivity contribution in [2.24, 2.45) is 0 Å². The molecule has 0 spiro atoms. The van der Waals surface area contributed by atoms with Crippen molar-refractivity contribution in [1.82, 2.24) is 20.1 Å². The zero-order chi connectivity index (χ0) is 21.9. The first-order valence-electron chi connectivity index (χ1n) is 10.5. The van der Waals surface area contributed by atoms with Gasteiger partial charge in [0.05, 0.1) is 11.7 Å². The topological polar surface area (TPSA) is 61.2 Å². The summed E-state index contributed by atoms with van der Waals surface area (Å²) in [6, 6.07) is 20.2. The van der Waals surface area contributed by atoms with Crippen LogP contribution in [-0.2, 0) is 6.54 Å². The molecule has 0 radical (unpaired) electrons. The summed E-state index contributed by atoms with van der Waals surface area (Å²) in [6.45, 7) is 3.87. The van der Waals surface area contributed by atoms with Crippen LogP contribution >= 0.6 is 11.6 Å². The molecule has 0 bridgehead atoms. The van der Waals surface area contributed by atoms with Crippen molar-refractivity contribution < 1.29 is 9.47 Å². The molecule has 3 aromatic carbocycles. The Morgan fingerprint density at radius 2 is 1.88 bits per heavy atom. The van der Waals surface area contributed by atoms with Gasteiger partial charge in [-0.05, 0) is 53.4 Å². The number of aromatic nitrogens is 3. The van der Waals surface area contributed by atoms with E-state index in [1.165, 1.54) is 11.9 Å². The monoisotopic (exact) mass is 446 g/mol. The summed E-state index contributed by atoms with van der Waals surface area (Å²) in [7, 11) is 0. The van der Waals surface area contributed by atoms with Crippen LogP contribution in [0, 0.1) is 6.92 Å². The normalized spacial score (nSPS) is 13.7. The maximum absolute atomic E-state index is 6.59. The van der Waals surface area contributed by atoms with Crippen LogP contribution in [0.25, 0.3) is 5.69 Å². The van der Waals surface area contributed by atoms with E-state index in [1.807, 2.05) is 30.3 Å². The number of hydrogen-bond acceptors (Lipinski definition) is 5. The van der Waals surface area contributed by atoms with Crippen LogP contribution in [0.1, 0.15) is 28.3 Å². The minimum atomic E-state index is -0.102. The van der Waals surface area contributed by atoms with E-state index in [4.69, 9.17) is 21.1 Å². The molecule has 0 aliphatic carbocycles. The molecule has 1 unspecified atom stereocenters. The number of fused-ring (bicyclic) bond motifs is 1. The van der Waals surface area contributed by atoms with Crippen LogP contribution in [0.4, 0.5) is 0 Å². The second-order valence-corrected chi connectivity index (χ2v) is 8.11. The fourth-order valence-electron chi connectivity index (χ4n) is 3.99. The minimum Gasteiger partial charge on any atom is -0.486 e. The highest BCUT2D eigenvalue weighted by molar-refractivity contribution is 6.31. The summed E-state index contributed by atoms with van der Waals surface area (Å²) in [5.74, 6) is 1.54. The summed E-state index contributed by atoms with van der Waals surface area (Å²) in [6.07, 6.45) is 3.24. The second kappa shape index (κ2) is 9.02. The third-order valence-corrected chi connectivity index (χ3v) is 5.90. The van der Waals surface area contributed by atoms with Gasteiger partial charge in [-0.2, -0.15) is 5.10 Å². The molecule has 5 rings (SSSR count). The SMILES string of the molecule is Cc1cc(CNC(c2ccc3c(c2)OCCO3)c2ccccc2Cl)ccc1-n1cncn1. The van der Waals surface area contributed by atoms with E-state index in [2.05, 4.69) is 52.7 Å². The first-order valence-corrected chi connectivity index (χ1v) is 10.9. The van der Waals surface area contributed by atoms with Gasteiger partial charge < -0.3 is 14.8 Å². The molecule has 1 aliphatic rings. The van der Waals surface area contributed by atoms with Gasteiger partial charge in [-0.1, -0.05) is 48.0 Å². The van der Waals surface area contributed by atoms with E-state index in [-0.39, 0.29) is 6.04 Å². The van der Waals surface area contributed by atoms with Gasteiger partial charge in [0.15, 0.2) is 11.5 Å². The van der Waals surface area contributed by atoms with Gasteiger partial charge in [0.1, 0.15) is 25.9 Å². The molecule has 162 valence electrons. The highest BCUT2D eigenvalue weighted by Crippen LogP contribution is 2.36. The molecule has 4 aromatic rings. The molecule has 0 saturated heterocycles. The lowest BCUT2D eigenvalue weighted by Crippen LogP contribution is -2.23. The summed E-state index contributed by atoms with van der Waals surface area (Å²) in [5.41, 5.74) is 5.39. The summed E-state index contributed by atoms with van der Waals surface area (Å²) >= 11 is 6.59. The molecular formula is C25H23ClN4O2. The van der Waals surface area contributed by atoms with Crippen LogP contribution in [0.15, 0.2) is 73.3 Å². The van der Waals surface area contributed by atoms with Gasteiger partial charge in [0.25, 0.3) is 0 Å². The van der Waals surface area contributed by atoms with Crippen LogP contribution in [0.3, 0.4) is 0 Å². The number of ether oxygens (including phenoxy) is 2. The Labute approximate surface area is 191 Å². The van der Waals surface area contributed by atoms with E-state index in [1.54, 1.807) is 11.0 Å². The van der Waals surface area contributed by atoms with Crippen molar-refractivity contribution in [2.45, 2.75) is 19.5 Å². The summed E-state index contributed by atoms with van der Waals surface area (Å²) in [5, 5.41) is 8.63. The van der Waals surface area contributed by atoms with Crippen LogP contribution in [-0.4, -0.2) is 28.0 Å². The highest BCUT2D eigenvalue weighted by Gasteiger charge is 2.20. The maximum atomic E-state index is 6.59. The Morgan fingerprint density at radius 1 is 1.03 bits per heavy atom. The Morgan fingerprint density at radius 3 is 2.66 bits per heavy atom. The van der Waals surface area contributed by atoms with E-state index >= 15 is 0 Å². The number of benzene rings is 3. The van der Waals surface area contributed by atoms with Crippen molar-refractivity contribution >= 4 is 11.6 Å². The Kier molecular flexibility index (Phi) is 5.79. The smallest absolute Gasteiger partial charge is 0.161 e. The number of nitrogens with zero attached hydrogens (tertiary/aromatic N) is 3. The molecule has 1 aromatic heterocycles. The second-order valence-electron chi connectivity index (χ2n) is 7.70. The van der Waals surface area contributed by atoms with Crippen molar-refractivity contribution in [3.05, 3.63) is 101 Å². The average Bonchev–Trinajstić information content (AvgIpc) is 3.35. The number of aryl methyl sites for hydroxylation is 1. The average molecular weight is 447 g/mol. The van der Waals surface area contributed by atoms with E-state index in [9.17, 15) is 0 Å². The summed E-state index contributed by atoms with van der Waals surface area (Å²) < 4.78 is 13.3. The molecule has 0 saturated carbocycles. The third kappa shape index (κ3) is 4.20. The molecule has 1 N–H and O–H groups in total. The Bertz CT molecular complexity index is 1230. The van der Waals surface area contributed by atoms with Crippen molar-refractivity contribution in [1.29, 1.82) is 0 Å². The lowest BCUT2D eigenvalue weighted by molar-refractivity contribution is 0.171. The fourth-order valence-corrected chi connectivity index (χ4v) is 4.24. The van der Waals surface area contributed by atoms with Gasteiger partial charge in [-0.25, -0.2) is 9.67 Å². The maximum Gasteiger partial charge on any atom is 0.161 e. The number of rotatable bonds is 6. The molecule has 1 atom stereocenters. The zero-order valence-electron chi connectivity index (χ0n) is 17.7.